The van der Waals surface area contributed by atoms with E-state index in [1.807, 2.05) is 66.7 Å². The first-order valence-corrected chi connectivity index (χ1v) is 11.2. The van der Waals surface area contributed by atoms with E-state index in [4.69, 9.17) is 23.2 Å². The van der Waals surface area contributed by atoms with Crippen LogP contribution >= 0.6 is 23.2 Å². The second-order valence-corrected chi connectivity index (χ2v) is 8.90. The van der Waals surface area contributed by atoms with Crippen LogP contribution < -0.4 is 0 Å². The predicted octanol–water partition coefficient (Wildman–Crippen LogP) is 8.08. The fraction of sp³-hybridized carbons (Fsp3) is 0.0345. The van der Waals surface area contributed by atoms with Gasteiger partial charge in [0.1, 0.15) is 5.60 Å². The fourth-order valence-electron chi connectivity index (χ4n) is 5.06. The van der Waals surface area contributed by atoms with Crippen LogP contribution in [0.25, 0.3) is 33.0 Å². The zero-order chi connectivity index (χ0) is 21.9. The van der Waals surface area contributed by atoms with Gasteiger partial charge in [0.25, 0.3) is 0 Å². The normalized spacial score (nSPS) is 16.7. The third kappa shape index (κ3) is 2.63. The van der Waals surface area contributed by atoms with Crippen molar-refractivity contribution < 1.29 is 5.11 Å². The Hall–Kier alpha value is -3.10. The van der Waals surface area contributed by atoms with Gasteiger partial charge in [0.2, 0.25) is 0 Å². The molecule has 0 saturated carbocycles. The minimum absolute atomic E-state index is 0.467. The summed E-state index contributed by atoms with van der Waals surface area (Å²) in [4.78, 5) is 0. The minimum Gasteiger partial charge on any atom is -0.376 e. The first kappa shape index (κ1) is 19.6. The molecule has 0 aromatic heterocycles. The van der Waals surface area contributed by atoms with Crippen molar-refractivity contribution in [1.82, 2.24) is 0 Å². The van der Waals surface area contributed by atoms with E-state index in [9.17, 15) is 5.11 Å². The van der Waals surface area contributed by atoms with E-state index in [1.54, 1.807) is 6.07 Å². The van der Waals surface area contributed by atoms with E-state index in [0.29, 0.717) is 10.0 Å². The lowest BCUT2D eigenvalue weighted by atomic mass is 9.78. The highest BCUT2D eigenvalue weighted by atomic mass is 35.5. The van der Waals surface area contributed by atoms with Crippen LogP contribution in [0.15, 0.2) is 103 Å². The van der Waals surface area contributed by atoms with Crippen LogP contribution in [0.3, 0.4) is 0 Å². The van der Waals surface area contributed by atoms with Crippen LogP contribution in [0.1, 0.15) is 16.7 Å². The van der Waals surface area contributed by atoms with Crippen molar-refractivity contribution >= 4 is 34.0 Å². The van der Waals surface area contributed by atoms with Crippen molar-refractivity contribution in [1.29, 1.82) is 0 Å². The molecule has 1 unspecified atom stereocenters. The van der Waals surface area contributed by atoms with Gasteiger partial charge in [-0.1, -0.05) is 120 Å². The van der Waals surface area contributed by atoms with Crippen molar-refractivity contribution in [3.63, 3.8) is 0 Å². The molecule has 1 nitrogen and oxygen atoms in total. The maximum Gasteiger partial charge on any atom is 0.142 e. The molecule has 32 heavy (non-hydrogen) atoms. The Bertz CT molecular complexity index is 1510. The summed E-state index contributed by atoms with van der Waals surface area (Å²) in [5.41, 5.74) is 4.79. The number of hydrogen-bond donors (Lipinski definition) is 1. The van der Waals surface area contributed by atoms with Gasteiger partial charge >= 0.3 is 0 Å². The predicted molar refractivity (Wildman–Crippen MR) is 133 cm³/mol. The molecule has 0 spiro atoms. The number of rotatable bonds is 2. The third-order valence-electron chi connectivity index (χ3n) is 6.45. The molecular formula is C29H18Cl2O. The van der Waals surface area contributed by atoms with Crippen molar-refractivity contribution in [3.05, 3.63) is 130 Å². The van der Waals surface area contributed by atoms with E-state index in [1.165, 1.54) is 0 Å². The van der Waals surface area contributed by atoms with E-state index in [2.05, 4.69) is 30.3 Å². The molecule has 1 aliphatic rings. The minimum atomic E-state index is -1.37. The third-order valence-corrected chi connectivity index (χ3v) is 7.26. The topological polar surface area (TPSA) is 20.2 Å². The summed E-state index contributed by atoms with van der Waals surface area (Å²) in [7, 11) is 0. The van der Waals surface area contributed by atoms with E-state index in [0.717, 1.165) is 49.7 Å². The first-order valence-electron chi connectivity index (χ1n) is 10.5. The van der Waals surface area contributed by atoms with E-state index in [-0.39, 0.29) is 0 Å². The van der Waals surface area contributed by atoms with Gasteiger partial charge < -0.3 is 5.11 Å². The second-order valence-electron chi connectivity index (χ2n) is 8.12. The standard InChI is InChI=1S/C29H18Cl2O/c30-25-17-16-24-27(28(25)31)21-12-6-7-13-22(21)29(24,32)23-15-14-18-8-4-5-11-20(18)26(23)19-9-2-1-3-10-19/h1-17,32H. The van der Waals surface area contributed by atoms with Crippen molar-refractivity contribution in [2.24, 2.45) is 0 Å². The monoisotopic (exact) mass is 452 g/mol. The van der Waals surface area contributed by atoms with Crippen molar-refractivity contribution in [2.45, 2.75) is 5.60 Å². The molecule has 6 rings (SSSR count). The molecule has 0 heterocycles. The maximum atomic E-state index is 12.6. The fourth-order valence-corrected chi connectivity index (χ4v) is 5.48. The Morgan fingerprint density at radius 2 is 1.22 bits per heavy atom. The summed E-state index contributed by atoms with van der Waals surface area (Å²) < 4.78 is 0. The number of aliphatic hydroxyl groups is 1. The lowest BCUT2D eigenvalue weighted by Gasteiger charge is -2.30. The van der Waals surface area contributed by atoms with Gasteiger partial charge in [-0.2, -0.15) is 0 Å². The summed E-state index contributed by atoms with van der Waals surface area (Å²) in [6.45, 7) is 0. The van der Waals surface area contributed by atoms with Crippen LogP contribution in [-0.2, 0) is 5.60 Å². The molecule has 1 atom stereocenters. The smallest absolute Gasteiger partial charge is 0.142 e. The lowest BCUT2D eigenvalue weighted by Crippen LogP contribution is -2.27. The summed E-state index contributed by atoms with van der Waals surface area (Å²) in [6, 6.07) is 34.2. The molecule has 0 fully saturated rings. The molecule has 154 valence electrons. The van der Waals surface area contributed by atoms with Gasteiger partial charge in [0, 0.05) is 22.3 Å². The molecule has 0 aliphatic heterocycles. The van der Waals surface area contributed by atoms with Gasteiger partial charge in [-0.05, 0) is 33.5 Å². The highest BCUT2D eigenvalue weighted by Crippen LogP contribution is 2.56. The van der Waals surface area contributed by atoms with Crippen LogP contribution in [0, 0.1) is 0 Å². The summed E-state index contributed by atoms with van der Waals surface area (Å²) >= 11 is 13.1. The zero-order valence-electron chi connectivity index (χ0n) is 17.0. The number of hydrogen-bond acceptors (Lipinski definition) is 1. The molecule has 0 radical (unpaired) electrons. The average molecular weight is 453 g/mol. The number of halogens is 2. The molecular weight excluding hydrogens is 435 g/mol. The van der Waals surface area contributed by atoms with Crippen LogP contribution in [0.4, 0.5) is 0 Å². The quantitative estimate of drug-likeness (QED) is 0.287. The molecule has 0 amide bonds. The maximum absolute atomic E-state index is 12.6. The Kier molecular flexibility index (Phi) is 4.41. The van der Waals surface area contributed by atoms with Gasteiger partial charge in [0.15, 0.2) is 0 Å². The number of fused-ring (bicyclic) bond motifs is 4. The first-order chi connectivity index (χ1) is 15.6. The molecule has 5 aromatic rings. The Morgan fingerprint density at radius 1 is 0.562 bits per heavy atom. The summed E-state index contributed by atoms with van der Waals surface area (Å²) in [5, 5.41) is 15.7. The van der Waals surface area contributed by atoms with Crippen molar-refractivity contribution in [3.8, 4) is 22.3 Å². The molecule has 0 bridgehead atoms. The summed E-state index contributed by atoms with van der Waals surface area (Å²) in [6.07, 6.45) is 0. The molecule has 0 saturated heterocycles. The van der Waals surface area contributed by atoms with Crippen molar-refractivity contribution in [2.75, 3.05) is 0 Å². The van der Waals surface area contributed by atoms with Crippen LogP contribution in [0.2, 0.25) is 10.0 Å². The zero-order valence-corrected chi connectivity index (χ0v) is 18.5. The second kappa shape index (κ2) is 7.21. The Morgan fingerprint density at radius 3 is 2.06 bits per heavy atom. The highest BCUT2D eigenvalue weighted by Gasteiger charge is 2.45. The number of benzene rings is 5. The Balaban J connectivity index is 1.78. The van der Waals surface area contributed by atoms with Gasteiger partial charge in [-0.3, -0.25) is 0 Å². The molecule has 1 N–H and O–H groups in total. The highest BCUT2D eigenvalue weighted by molar-refractivity contribution is 6.44. The van der Waals surface area contributed by atoms with E-state index < -0.39 is 5.60 Å². The molecule has 3 heteroatoms. The van der Waals surface area contributed by atoms with E-state index >= 15 is 0 Å². The largest absolute Gasteiger partial charge is 0.376 e. The lowest BCUT2D eigenvalue weighted by molar-refractivity contribution is 0.131. The summed E-state index contributed by atoms with van der Waals surface area (Å²) in [5.74, 6) is 0. The van der Waals surface area contributed by atoms with Gasteiger partial charge in [-0.15, -0.1) is 0 Å². The van der Waals surface area contributed by atoms with Crippen LogP contribution in [-0.4, -0.2) is 5.11 Å². The van der Waals surface area contributed by atoms with Gasteiger partial charge in [-0.25, -0.2) is 0 Å². The Labute approximate surface area is 196 Å². The van der Waals surface area contributed by atoms with Crippen LogP contribution in [0.5, 0.6) is 0 Å². The van der Waals surface area contributed by atoms with Gasteiger partial charge in [0.05, 0.1) is 10.0 Å². The molecule has 1 aliphatic carbocycles. The molecule has 5 aromatic carbocycles. The average Bonchev–Trinajstić information content (AvgIpc) is 3.11. The SMILES string of the molecule is OC1(c2ccc3ccccc3c2-c2ccccc2)c2ccccc2-c2c1ccc(Cl)c2Cl.